The van der Waals surface area contributed by atoms with Crippen LogP contribution in [-0.2, 0) is 0 Å². The molecule has 132 valence electrons. The third-order valence-electron chi connectivity index (χ3n) is 3.49. The number of nitro groups is 1. The van der Waals surface area contributed by atoms with Crippen LogP contribution in [0.4, 0.5) is 5.69 Å². The Morgan fingerprint density at radius 3 is 2.81 bits per heavy atom. The van der Waals surface area contributed by atoms with E-state index in [1.54, 1.807) is 19.2 Å². The molecule has 1 heterocycles. The highest BCUT2D eigenvalue weighted by molar-refractivity contribution is 14.1. The van der Waals surface area contributed by atoms with E-state index >= 15 is 0 Å². The number of nitro benzene ring substituents is 1. The lowest BCUT2D eigenvalue weighted by Crippen LogP contribution is -2.16. The number of thiophene rings is 1. The fourth-order valence-corrected chi connectivity index (χ4v) is 3.93. The quantitative estimate of drug-likeness (QED) is 0.256. The molecule has 9 heteroatoms. The Balaban J connectivity index is 1.72. The van der Waals surface area contributed by atoms with Gasteiger partial charge in [0.2, 0.25) is 0 Å². The third-order valence-corrected chi connectivity index (χ3v) is 5.45. The van der Waals surface area contributed by atoms with Gasteiger partial charge >= 0.3 is 0 Å². The van der Waals surface area contributed by atoms with E-state index in [2.05, 4.69) is 33.1 Å². The standard InChI is InChI=1S/C17H12IN3O4S/c1-25-14-4-2-10(6-13(14)18)9-19-20-17(22)16-8-11-7-12(21(23)24)3-5-15(11)26-16/h2-9H,1H3,(H,20,22). The number of nitrogens with zero attached hydrogens (tertiary/aromatic N) is 2. The van der Waals surface area contributed by atoms with Gasteiger partial charge in [-0.2, -0.15) is 5.10 Å². The molecule has 0 radical (unpaired) electrons. The smallest absolute Gasteiger partial charge is 0.281 e. The minimum atomic E-state index is -0.461. The average molecular weight is 481 g/mol. The van der Waals surface area contributed by atoms with Gasteiger partial charge in [0.15, 0.2) is 0 Å². The summed E-state index contributed by atoms with van der Waals surface area (Å²) in [6, 6.07) is 11.7. The summed E-state index contributed by atoms with van der Waals surface area (Å²) < 4.78 is 6.93. The number of non-ortho nitro benzene ring substituents is 1. The molecule has 0 aliphatic rings. The molecule has 0 saturated heterocycles. The molecular formula is C17H12IN3O4S. The van der Waals surface area contributed by atoms with Crippen molar-refractivity contribution in [3.05, 3.63) is 66.6 Å². The molecule has 0 fully saturated rings. The molecule has 0 bridgehead atoms. The Hall–Kier alpha value is -2.53. The van der Waals surface area contributed by atoms with Gasteiger partial charge in [-0.1, -0.05) is 0 Å². The Bertz CT molecular complexity index is 1030. The van der Waals surface area contributed by atoms with Crippen molar-refractivity contribution in [3.63, 3.8) is 0 Å². The maximum Gasteiger partial charge on any atom is 0.281 e. The van der Waals surface area contributed by atoms with E-state index in [-0.39, 0.29) is 11.6 Å². The number of rotatable bonds is 5. The van der Waals surface area contributed by atoms with Crippen molar-refractivity contribution in [3.8, 4) is 5.75 Å². The predicted molar refractivity (Wildman–Crippen MR) is 109 cm³/mol. The summed E-state index contributed by atoms with van der Waals surface area (Å²) in [5, 5.41) is 15.4. The fourth-order valence-electron chi connectivity index (χ4n) is 2.24. The van der Waals surface area contributed by atoms with Crippen LogP contribution in [0.1, 0.15) is 15.2 Å². The number of halogens is 1. The van der Waals surface area contributed by atoms with Gasteiger partial charge in [0, 0.05) is 22.2 Å². The van der Waals surface area contributed by atoms with Crippen molar-refractivity contribution in [2.75, 3.05) is 7.11 Å². The Morgan fingerprint density at radius 2 is 2.12 bits per heavy atom. The SMILES string of the molecule is COc1ccc(C=NNC(=O)c2cc3cc([N+](=O)[O-])ccc3s2)cc1I. The van der Waals surface area contributed by atoms with Gasteiger partial charge in [0.05, 0.1) is 26.7 Å². The summed E-state index contributed by atoms with van der Waals surface area (Å²) in [6.07, 6.45) is 1.54. The van der Waals surface area contributed by atoms with Crippen LogP contribution >= 0.6 is 33.9 Å². The van der Waals surface area contributed by atoms with Crippen LogP contribution in [0.25, 0.3) is 10.1 Å². The number of fused-ring (bicyclic) bond motifs is 1. The van der Waals surface area contributed by atoms with Crippen LogP contribution in [0.2, 0.25) is 0 Å². The second-order valence-corrected chi connectivity index (χ2v) is 7.43. The molecule has 3 rings (SSSR count). The van der Waals surface area contributed by atoms with E-state index in [4.69, 9.17) is 4.74 Å². The van der Waals surface area contributed by atoms with Crippen molar-refractivity contribution in [2.45, 2.75) is 0 Å². The van der Waals surface area contributed by atoms with E-state index in [1.807, 2.05) is 18.2 Å². The number of amides is 1. The second-order valence-electron chi connectivity index (χ2n) is 5.18. The lowest BCUT2D eigenvalue weighted by Gasteiger charge is -2.03. The molecule has 1 amide bonds. The molecule has 0 spiro atoms. The van der Waals surface area contributed by atoms with Gasteiger partial charge in [0.1, 0.15) is 5.75 Å². The molecule has 0 aliphatic carbocycles. The summed E-state index contributed by atoms with van der Waals surface area (Å²) >= 11 is 3.41. The fraction of sp³-hybridized carbons (Fsp3) is 0.0588. The van der Waals surface area contributed by atoms with Crippen LogP contribution in [0, 0.1) is 13.7 Å². The van der Waals surface area contributed by atoms with Crippen molar-refractivity contribution in [1.82, 2.24) is 5.43 Å². The van der Waals surface area contributed by atoms with Crippen molar-refractivity contribution in [2.24, 2.45) is 5.10 Å². The van der Waals surface area contributed by atoms with Crippen LogP contribution in [0.15, 0.2) is 47.6 Å². The van der Waals surface area contributed by atoms with Gasteiger partial charge in [-0.15, -0.1) is 11.3 Å². The highest BCUT2D eigenvalue weighted by Gasteiger charge is 2.12. The monoisotopic (exact) mass is 481 g/mol. The Labute approximate surface area is 166 Å². The predicted octanol–water partition coefficient (Wildman–Crippen LogP) is 4.19. The Kier molecular flexibility index (Phi) is 5.47. The van der Waals surface area contributed by atoms with Gasteiger partial charge in [-0.05, 0) is 58.5 Å². The highest BCUT2D eigenvalue weighted by Crippen LogP contribution is 2.28. The summed E-state index contributed by atoms with van der Waals surface area (Å²) in [4.78, 5) is 23.0. The van der Waals surface area contributed by atoms with Gasteiger partial charge in [-0.3, -0.25) is 14.9 Å². The second kappa shape index (κ2) is 7.79. The number of hydrazone groups is 1. The number of hydrogen-bond donors (Lipinski definition) is 1. The lowest BCUT2D eigenvalue weighted by atomic mass is 10.2. The number of hydrogen-bond acceptors (Lipinski definition) is 6. The molecular weight excluding hydrogens is 469 g/mol. The lowest BCUT2D eigenvalue weighted by molar-refractivity contribution is -0.384. The van der Waals surface area contributed by atoms with E-state index in [1.165, 1.54) is 29.7 Å². The first-order valence-electron chi connectivity index (χ1n) is 7.33. The highest BCUT2D eigenvalue weighted by atomic mass is 127. The largest absolute Gasteiger partial charge is 0.496 e. The van der Waals surface area contributed by atoms with E-state index in [0.717, 1.165) is 19.6 Å². The maximum absolute atomic E-state index is 12.2. The zero-order valence-corrected chi connectivity index (χ0v) is 16.4. The normalized spacial score (nSPS) is 11.0. The number of ether oxygens (including phenoxy) is 1. The topological polar surface area (TPSA) is 93.8 Å². The van der Waals surface area contributed by atoms with Crippen molar-refractivity contribution >= 4 is 61.8 Å². The summed E-state index contributed by atoms with van der Waals surface area (Å²) in [5.74, 6) is 0.402. The third kappa shape index (κ3) is 3.99. The molecule has 3 aromatic rings. The first-order valence-corrected chi connectivity index (χ1v) is 9.22. The molecule has 0 saturated carbocycles. The minimum absolute atomic E-state index is 0.00520. The molecule has 7 nitrogen and oxygen atoms in total. The van der Waals surface area contributed by atoms with E-state index in [9.17, 15) is 14.9 Å². The Morgan fingerprint density at radius 1 is 1.31 bits per heavy atom. The van der Waals surface area contributed by atoms with Gasteiger partial charge < -0.3 is 4.74 Å². The first kappa shape index (κ1) is 18.3. The van der Waals surface area contributed by atoms with Gasteiger partial charge in [0.25, 0.3) is 11.6 Å². The van der Waals surface area contributed by atoms with Crippen molar-refractivity contribution < 1.29 is 14.5 Å². The number of benzene rings is 2. The summed E-state index contributed by atoms with van der Waals surface area (Å²) in [5.41, 5.74) is 3.28. The zero-order chi connectivity index (χ0) is 18.7. The number of carbonyl (C=O) groups is 1. The zero-order valence-electron chi connectivity index (χ0n) is 13.4. The summed E-state index contributed by atoms with van der Waals surface area (Å²) in [6.45, 7) is 0. The van der Waals surface area contributed by atoms with E-state index < -0.39 is 4.92 Å². The van der Waals surface area contributed by atoms with Crippen LogP contribution in [0.5, 0.6) is 5.75 Å². The number of carbonyl (C=O) groups excluding carboxylic acids is 1. The maximum atomic E-state index is 12.2. The van der Waals surface area contributed by atoms with Gasteiger partial charge in [-0.25, -0.2) is 5.43 Å². The number of nitrogens with one attached hydrogen (secondary N) is 1. The molecule has 0 atom stereocenters. The number of methoxy groups -OCH3 is 1. The molecule has 0 aliphatic heterocycles. The molecule has 1 aromatic heterocycles. The van der Waals surface area contributed by atoms with E-state index in [0.29, 0.717) is 10.3 Å². The van der Waals surface area contributed by atoms with Crippen LogP contribution in [0.3, 0.4) is 0 Å². The molecule has 0 unspecified atom stereocenters. The van der Waals surface area contributed by atoms with Crippen LogP contribution in [-0.4, -0.2) is 24.2 Å². The molecule has 26 heavy (non-hydrogen) atoms. The molecule has 2 aromatic carbocycles. The van der Waals surface area contributed by atoms with Crippen molar-refractivity contribution in [1.29, 1.82) is 0 Å². The first-order chi connectivity index (χ1) is 12.5. The minimum Gasteiger partial charge on any atom is -0.496 e. The molecule has 1 N–H and O–H groups in total. The summed E-state index contributed by atoms with van der Waals surface area (Å²) in [7, 11) is 1.60. The van der Waals surface area contributed by atoms with Crippen LogP contribution < -0.4 is 10.2 Å². The average Bonchev–Trinajstić information content (AvgIpc) is 3.05.